The summed E-state index contributed by atoms with van der Waals surface area (Å²) in [6.45, 7) is 1.81. The molecule has 3 aromatic rings. The molecule has 0 saturated heterocycles. The summed E-state index contributed by atoms with van der Waals surface area (Å²) >= 11 is 0. The van der Waals surface area contributed by atoms with E-state index < -0.39 is 15.8 Å². The lowest BCUT2D eigenvalue weighted by atomic mass is 10.2. The van der Waals surface area contributed by atoms with Crippen molar-refractivity contribution in [3.63, 3.8) is 0 Å². The Morgan fingerprint density at radius 3 is 2.52 bits per heavy atom. The number of sulfonamides is 1. The van der Waals surface area contributed by atoms with Crippen molar-refractivity contribution < 1.29 is 17.3 Å². The van der Waals surface area contributed by atoms with E-state index in [1.165, 1.54) is 12.1 Å². The van der Waals surface area contributed by atoms with Gasteiger partial charge in [-0.2, -0.15) is 4.98 Å². The molecule has 2 aromatic carbocycles. The van der Waals surface area contributed by atoms with Crippen LogP contribution in [0.1, 0.15) is 18.4 Å². The minimum Gasteiger partial charge on any atom is -0.338 e. The summed E-state index contributed by atoms with van der Waals surface area (Å²) in [4.78, 5) is 4.17. The van der Waals surface area contributed by atoms with Crippen molar-refractivity contribution in [3.05, 3.63) is 65.8 Å². The van der Waals surface area contributed by atoms with Crippen LogP contribution in [0.5, 0.6) is 0 Å². The summed E-state index contributed by atoms with van der Waals surface area (Å²) in [5.41, 5.74) is 1.24. The first-order valence-electron chi connectivity index (χ1n) is 7.65. The molecule has 25 heavy (non-hydrogen) atoms. The lowest BCUT2D eigenvalue weighted by Crippen LogP contribution is -2.23. The highest BCUT2D eigenvalue weighted by Crippen LogP contribution is 2.19. The molecule has 1 aromatic heterocycles. The fourth-order valence-electron chi connectivity index (χ4n) is 2.22. The smallest absolute Gasteiger partial charge is 0.242 e. The predicted octanol–water partition coefficient (Wildman–Crippen LogP) is 2.92. The molecule has 0 atom stereocenters. The number of nitrogens with one attached hydrogen (secondary N) is 1. The maximum Gasteiger partial charge on any atom is 0.242 e. The zero-order valence-corrected chi connectivity index (χ0v) is 14.3. The molecule has 0 saturated carbocycles. The predicted molar refractivity (Wildman–Crippen MR) is 89.5 cm³/mol. The van der Waals surface area contributed by atoms with E-state index in [9.17, 15) is 12.8 Å². The van der Waals surface area contributed by atoms with Crippen LogP contribution in [0.25, 0.3) is 11.4 Å². The molecule has 0 amide bonds. The number of hydrogen-bond donors (Lipinski definition) is 1. The summed E-state index contributed by atoms with van der Waals surface area (Å²) in [6.07, 6.45) is 0.828. The van der Waals surface area contributed by atoms with Crippen molar-refractivity contribution in [1.82, 2.24) is 14.9 Å². The van der Waals surface area contributed by atoms with Gasteiger partial charge >= 0.3 is 0 Å². The zero-order valence-electron chi connectivity index (χ0n) is 13.4. The van der Waals surface area contributed by atoms with Crippen LogP contribution < -0.4 is 4.72 Å². The third kappa shape index (κ3) is 3.92. The lowest BCUT2D eigenvalue weighted by molar-refractivity contribution is 0.375. The number of aromatic nitrogens is 2. The van der Waals surface area contributed by atoms with Gasteiger partial charge in [-0.25, -0.2) is 17.5 Å². The van der Waals surface area contributed by atoms with Crippen molar-refractivity contribution in [2.45, 2.75) is 24.8 Å². The first kappa shape index (κ1) is 17.2. The SMILES string of the molecule is CCc1ccc(S(=O)(=O)NCc2nc(-c3ccccc3F)no2)cc1. The highest BCUT2D eigenvalue weighted by atomic mass is 32.2. The zero-order chi connectivity index (χ0) is 17.9. The van der Waals surface area contributed by atoms with Crippen LogP contribution in [0.4, 0.5) is 4.39 Å². The van der Waals surface area contributed by atoms with Crippen LogP contribution in [-0.4, -0.2) is 18.6 Å². The molecule has 0 spiro atoms. The van der Waals surface area contributed by atoms with E-state index in [2.05, 4.69) is 14.9 Å². The number of nitrogens with zero attached hydrogens (tertiary/aromatic N) is 2. The van der Waals surface area contributed by atoms with Gasteiger partial charge in [0.05, 0.1) is 17.0 Å². The summed E-state index contributed by atoms with van der Waals surface area (Å²) < 4.78 is 45.6. The van der Waals surface area contributed by atoms with Crippen molar-refractivity contribution in [1.29, 1.82) is 0 Å². The molecule has 0 aliphatic carbocycles. The normalized spacial score (nSPS) is 11.6. The lowest BCUT2D eigenvalue weighted by Gasteiger charge is -2.05. The Balaban J connectivity index is 1.72. The van der Waals surface area contributed by atoms with Gasteiger partial charge in [0.15, 0.2) is 0 Å². The van der Waals surface area contributed by atoms with Gasteiger partial charge in [-0.15, -0.1) is 0 Å². The molecule has 130 valence electrons. The summed E-state index contributed by atoms with van der Waals surface area (Å²) in [6, 6.07) is 12.6. The Morgan fingerprint density at radius 2 is 1.84 bits per heavy atom. The van der Waals surface area contributed by atoms with Crippen LogP contribution in [0.15, 0.2) is 57.9 Å². The average Bonchev–Trinajstić information content (AvgIpc) is 3.09. The Kier molecular flexibility index (Phi) is 4.91. The van der Waals surface area contributed by atoms with Gasteiger partial charge in [-0.1, -0.05) is 36.3 Å². The number of aryl methyl sites for hydroxylation is 1. The number of hydrogen-bond acceptors (Lipinski definition) is 5. The first-order chi connectivity index (χ1) is 12.0. The van der Waals surface area contributed by atoms with Crippen LogP contribution in [0.3, 0.4) is 0 Å². The first-order valence-corrected chi connectivity index (χ1v) is 9.14. The van der Waals surface area contributed by atoms with Crippen LogP contribution >= 0.6 is 0 Å². The van der Waals surface area contributed by atoms with E-state index >= 15 is 0 Å². The Bertz CT molecular complexity index is 969. The third-order valence-corrected chi connectivity index (χ3v) is 5.06. The second-order valence-electron chi connectivity index (χ2n) is 5.31. The second-order valence-corrected chi connectivity index (χ2v) is 7.08. The third-order valence-electron chi connectivity index (χ3n) is 3.64. The summed E-state index contributed by atoms with van der Waals surface area (Å²) in [5.74, 6) is -0.363. The highest BCUT2D eigenvalue weighted by Gasteiger charge is 2.17. The molecule has 3 rings (SSSR count). The maximum absolute atomic E-state index is 13.7. The van der Waals surface area contributed by atoms with E-state index in [1.807, 2.05) is 6.92 Å². The van der Waals surface area contributed by atoms with Crippen LogP contribution in [0, 0.1) is 5.82 Å². The molecule has 0 radical (unpaired) electrons. The van der Waals surface area contributed by atoms with Gasteiger partial charge in [0.2, 0.25) is 21.7 Å². The topological polar surface area (TPSA) is 85.1 Å². The summed E-state index contributed by atoms with van der Waals surface area (Å²) in [7, 11) is -3.70. The molecule has 8 heteroatoms. The van der Waals surface area contributed by atoms with Gasteiger partial charge in [0.25, 0.3) is 0 Å². The van der Waals surface area contributed by atoms with Crippen molar-refractivity contribution >= 4 is 10.0 Å². The minimum absolute atomic E-state index is 0.0482. The number of rotatable bonds is 6. The van der Waals surface area contributed by atoms with Gasteiger partial charge < -0.3 is 4.52 Å². The molecule has 0 fully saturated rings. The van der Waals surface area contributed by atoms with Crippen molar-refractivity contribution in [2.75, 3.05) is 0 Å². The summed E-state index contributed by atoms with van der Waals surface area (Å²) in [5, 5.41) is 3.68. The quantitative estimate of drug-likeness (QED) is 0.730. The van der Waals surface area contributed by atoms with Crippen LogP contribution in [-0.2, 0) is 23.0 Å². The molecule has 0 aliphatic heterocycles. The Hall–Kier alpha value is -2.58. The second kappa shape index (κ2) is 7.12. The minimum atomic E-state index is -3.70. The molecule has 1 heterocycles. The van der Waals surface area contributed by atoms with E-state index in [4.69, 9.17) is 4.52 Å². The molecule has 1 N–H and O–H groups in total. The average molecular weight is 361 g/mol. The highest BCUT2D eigenvalue weighted by molar-refractivity contribution is 7.89. The monoisotopic (exact) mass is 361 g/mol. The fraction of sp³-hybridized carbons (Fsp3) is 0.176. The number of benzene rings is 2. The molecular formula is C17H16FN3O3S. The maximum atomic E-state index is 13.7. The van der Waals surface area contributed by atoms with Crippen molar-refractivity contribution in [2.24, 2.45) is 0 Å². The van der Waals surface area contributed by atoms with E-state index in [0.717, 1.165) is 12.0 Å². The molecular weight excluding hydrogens is 345 g/mol. The van der Waals surface area contributed by atoms with E-state index in [0.29, 0.717) is 0 Å². The molecule has 6 nitrogen and oxygen atoms in total. The Labute approximate surface area is 144 Å². The van der Waals surface area contributed by atoms with Gasteiger partial charge in [-0.05, 0) is 36.2 Å². The van der Waals surface area contributed by atoms with Crippen molar-refractivity contribution in [3.8, 4) is 11.4 Å². The number of halogens is 1. The Morgan fingerprint density at radius 1 is 1.12 bits per heavy atom. The fourth-order valence-corrected chi connectivity index (χ4v) is 3.20. The van der Waals surface area contributed by atoms with Gasteiger partial charge in [0.1, 0.15) is 5.82 Å². The van der Waals surface area contributed by atoms with E-state index in [-0.39, 0.29) is 28.7 Å². The molecule has 0 bridgehead atoms. The standard InChI is InChI=1S/C17H16FN3O3S/c1-2-12-7-9-13(10-8-12)25(22,23)19-11-16-20-17(21-24-16)14-5-3-4-6-15(14)18/h3-10,19H,2,11H2,1H3. The largest absolute Gasteiger partial charge is 0.338 e. The molecule has 0 aliphatic rings. The molecule has 0 unspecified atom stereocenters. The van der Waals surface area contributed by atoms with Gasteiger partial charge in [-0.3, -0.25) is 0 Å². The van der Waals surface area contributed by atoms with Gasteiger partial charge in [0, 0.05) is 0 Å². The van der Waals surface area contributed by atoms with Crippen LogP contribution in [0.2, 0.25) is 0 Å². The van der Waals surface area contributed by atoms with E-state index in [1.54, 1.807) is 36.4 Å².